The fourth-order valence-electron chi connectivity index (χ4n) is 2.68. The van der Waals surface area contributed by atoms with Gasteiger partial charge in [-0.1, -0.05) is 39.5 Å². The van der Waals surface area contributed by atoms with Gasteiger partial charge < -0.3 is 10.4 Å². The fourth-order valence-corrected chi connectivity index (χ4v) is 2.68. The Hall–Kier alpha value is -0.570. The van der Waals surface area contributed by atoms with Crippen molar-refractivity contribution in [3.05, 3.63) is 0 Å². The van der Waals surface area contributed by atoms with Crippen LogP contribution in [0.25, 0.3) is 0 Å². The molecule has 100 valence electrons. The average molecular weight is 241 g/mol. The van der Waals surface area contributed by atoms with Gasteiger partial charge in [-0.25, -0.2) is 0 Å². The second kappa shape index (κ2) is 7.70. The molecule has 0 aliphatic heterocycles. The molecule has 1 aliphatic rings. The number of rotatable bonds is 7. The summed E-state index contributed by atoms with van der Waals surface area (Å²) < 4.78 is 0. The van der Waals surface area contributed by atoms with Gasteiger partial charge in [0, 0.05) is 6.42 Å². The Morgan fingerprint density at radius 1 is 1.35 bits per heavy atom. The summed E-state index contributed by atoms with van der Waals surface area (Å²) in [7, 11) is 0. The van der Waals surface area contributed by atoms with E-state index >= 15 is 0 Å². The number of aliphatic hydroxyl groups excluding tert-OH is 1. The normalized spacial score (nSPS) is 18.6. The Morgan fingerprint density at radius 2 is 2.00 bits per heavy atom. The lowest BCUT2D eigenvalue weighted by molar-refractivity contribution is -0.122. The van der Waals surface area contributed by atoms with E-state index in [0.717, 1.165) is 18.8 Å². The van der Waals surface area contributed by atoms with E-state index in [0.29, 0.717) is 12.3 Å². The van der Waals surface area contributed by atoms with Gasteiger partial charge in [0.1, 0.15) is 0 Å². The molecule has 1 unspecified atom stereocenters. The maximum Gasteiger partial charge on any atom is 0.220 e. The predicted molar refractivity (Wildman–Crippen MR) is 69.7 cm³/mol. The first-order valence-electron chi connectivity index (χ1n) is 7.02. The molecule has 2 N–H and O–H groups in total. The number of amides is 1. The van der Waals surface area contributed by atoms with Crippen molar-refractivity contribution in [3.63, 3.8) is 0 Å². The molecule has 1 saturated carbocycles. The van der Waals surface area contributed by atoms with E-state index in [9.17, 15) is 9.90 Å². The molecule has 0 aromatic heterocycles. The first-order valence-corrected chi connectivity index (χ1v) is 7.02. The first kappa shape index (κ1) is 14.5. The highest BCUT2D eigenvalue weighted by Crippen LogP contribution is 2.28. The Balaban J connectivity index is 2.17. The van der Waals surface area contributed by atoms with Gasteiger partial charge in [0.2, 0.25) is 5.91 Å². The van der Waals surface area contributed by atoms with Crippen molar-refractivity contribution in [2.24, 2.45) is 11.8 Å². The molecule has 3 heteroatoms. The van der Waals surface area contributed by atoms with Gasteiger partial charge in [0.15, 0.2) is 0 Å². The lowest BCUT2D eigenvalue weighted by atomic mass is 10.0. The summed E-state index contributed by atoms with van der Waals surface area (Å²) >= 11 is 0. The van der Waals surface area contributed by atoms with Gasteiger partial charge in [-0.05, 0) is 24.7 Å². The van der Waals surface area contributed by atoms with E-state index < -0.39 is 0 Å². The molecule has 0 saturated heterocycles. The average Bonchev–Trinajstić information content (AvgIpc) is 2.77. The molecule has 0 heterocycles. The van der Waals surface area contributed by atoms with Gasteiger partial charge in [0.25, 0.3) is 0 Å². The molecule has 1 atom stereocenters. The lowest BCUT2D eigenvalue weighted by Gasteiger charge is -2.18. The molecular weight excluding hydrogens is 214 g/mol. The third-order valence-corrected chi connectivity index (χ3v) is 3.60. The van der Waals surface area contributed by atoms with Crippen molar-refractivity contribution in [3.8, 4) is 0 Å². The van der Waals surface area contributed by atoms with Crippen LogP contribution in [0.15, 0.2) is 0 Å². The lowest BCUT2D eigenvalue weighted by Crippen LogP contribution is -2.38. The third-order valence-electron chi connectivity index (χ3n) is 3.60. The SMILES string of the molecule is CC(C)CC(CO)NC(=O)CCC1CCCC1. The zero-order valence-corrected chi connectivity index (χ0v) is 11.2. The topological polar surface area (TPSA) is 49.3 Å². The highest BCUT2D eigenvalue weighted by atomic mass is 16.3. The highest BCUT2D eigenvalue weighted by Gasteiger charge is 2.17. The number of nitrogens with one attached hydrogen (secondary N) is 1. The molecule has 17 heavy (non-hydrogen) atoms. The molecule has 0 radical (unpaired) electrons. The predicted octanol–water partition coefficient (Wildman–Crippen LogP) is 2.48. The van der Waals surface area contributed by atoms with Gasteiger partial charge in [-0.2, -0.15) is 0 Å². The number of carbonyl (C=O) groups excluding carboxylic acids is 1. The molecule has 1 aliphatic carbocycles. The highest BCUT2D eigenvalue weighted by molar-refractivity contribution is 5.76. The van der Waals surface area contributed by atoms with Crippen LogP contribution in [0.4, 0.5) is 0 Å². The minimum absolute atomic E-state index is 0.0490. The van der Waals surface area contributed by atoms with E-state index in [2.05, 4.69) is 19.2 Å². The quantitative estimate of drug-likeness (QED) is 0.719. The van der Waals surface area contributed by atoms with Crippen LogP contribution in [0.1, 0.15) is 58.8 Å². The van der Waals surface area contributed by atoms with Crippen LogP contribution in [0, 0.1) is 11.8 Å². The smallest absolute Gasteiger partial charge is 0.220 e. The standard InChI is InChI=1S/C14H27NO2/c1-11(2)9-13(10-16)15-14(17)8-7-12-5-3-4-6-12/h11-13,16H,3-10H2,1-2H3,(H,15,17). The Kier molecular flexibility index (Phi) is 6.56. The Morgan fingerprint density at radius 3 is 2.53 bits per heavy atom. The van der Waals surface area contributed by atoms with Gasteiger partial charge in [-0.15, -0.1) is 0 Å². The van der Waals surface area contributed by atoms with Crippen LogP contribution in [0.5, 0.6) is 0 Å². The molecule has 1 rings (SSSR count). The number of hydrogen-bond acceptors (Lipinski definition) is 2. The van der Waals surface area contributed by atoms with E-state index in [1.807, 2.05) is 0 Å². The summed E-state index contributed by atoms with van der Waals surface area (Å²) in [5.74, 6) is 1.37. The van der Waals surface area contributed by atoms with E-state index in [-0.39, 0.29) is 18.6 Å². The van der Waals surface area contributed by atoms with Gasteiger partial charge >= 0.3 is 0 Å². The van der Waals surface area contributed by atoms with E-state index in [1.165, 1.54) is 25.7 Å². The largest absolute Gasteiger partial charge is 0.394 e. The summed E-state index contributed by atoms with van der Waals surface area (Å²) in [5, 5.41) is 12.1. The van der Waals surface area contributed by atoms with Crippen molar-refractivity contribution in [1.82, 2.24) is 5.32 Å². The van der Waals surface area contributed by atoms with Gasteiger partial charge in [-0.3, -0.25) is 4.79 Å². The van der Waals surface area contributed by atoms with Crippen molar-refractivity contribution >= 4 is 5.91 Å². The van der Waals surface area contributed by atoms with Crippen LogP contribution in [-0.4, -0.2) is 23.7 Å². The molecule has 0 bridgehead atoms. The van der Waals surface area contributed by atoms with Crippen LogP contribution < -0.4 is 5.32 Å². The summed E-state index contributed by atoms with van der Waals surface area (Å²) in [6.07, 6.45) is 7.75. The van der Waals surface area contributed by atoms with Crippen LogP contribution in [0.2, 0.25) is 0 Å². The van der Waals surface area contributed by atoms with Crippen molar-refractivity contribution in [2.75, 3.05) is 6.61 Å². The Labute approximate surface area is 105 Å². The van der Waals surface area contributed by atoms with Crippen molar-refractivity contribution < 1.29 is 9.90 Å². The van der Waals surface area contributed by atoms with E-state index in [1.54, 1.807) is 0 Å². The summed E-state index contributed by atoms with van der Waals surface area (Å²) in [6, 6.07) is -0.0638. The molecule has 1 amide bonds. The van der Waals surface area contributed by atoms with Crippen molar-refractivity contribution in [1.29, 1.82) is 0 Å². The minimum Gasteiger partial charge on any atom is -0.394 e. The second-order valence-corrected chi connectivity index (χ2v) is 5.77. The van der Waals surface area contributed by atoms with Gasteiger partial charge in [0.05, 0.1) is 12.6 Å². The zero-order valence-electron chi connectivity index (χ0n) is 11.2. The van der Waals surface area contributed by atoms with Crippen molar-refractivity contribution in [2.45, 2.75) is 64.8 Å². The molecule has 0 aromatic carbocycles. The molecule has 1 fully saturated rings. The van der Waals surface area contributed by atoms with Crippen LogP contribution in [0.3, 0.4) is 0 Å². The summed E-state index contributed by atoms with van der Waals surface area (Å²) in [6.45, 7) is 4.26. The minimum atomic E-state index is -0.0638. The molecular formula is C14H27NO2. The Bertz CT molecular complexity index is 222. The number of carbonyl (C=O) groups is 1. The third kappa shape index (κ3) is 6.06. The maximum absolute atomic E-state index is 11.7. The fraction of sp³-hybridized carbons (Fsp3) is 0.929. The second-order valence-electron chi connectivity index (χ2n) is 5.77. The number of hydrogen-bond donors (Lipinski definition) is 2. The monoisotopic (exact) mass is 241 g/mol. The summed E-state index contributed by atoms with van der Waals surface area (Å²) in [5.41, 5.74) is 0. The molecule has 0 aromatic rings. The van der Waals surface area contributed by atoms with Crippen LogP contribution >= 0.6 is 0 Å². The molecule has 3 nitrogen and oxygen atoms in total. The van der Waals surface area contributed by atoms with E-state index in [4.69, 9.17) is 0 Å². The summed E-state index contributed by atoms with van der Waals surface area (Å²) in [4.78, 5) is 11.7. The first-order chi connectivity index (χ1) is 8.11. The number of aliphatic hydroxyl groups is 1. The zero-order chi connectivity index (χ0) is 12.7. The van der Waals surface area contributed by atoms with Crippen LogP contribution in [-0.2, 0) is 4.79 Å². The maximum atomic E-state index is 11.7. The molecule has 0 spiro atoms.